The molecule has 0 spiro atoms. The third-order valence-corrected chi connectivity index (χ3v) is 2.84. The molecule has 14 heavy (non-hydrogen) atoms. The molecule has 2 rings (SSSR count). The zero-order valence-electron chi connectivity index (χ0n) is 7.84. The summed E-state index contributed by atoms with van der Waals surface area (Å²) in [7, 11) is 0. The average molecular weight is 209 g/mol. The summed E-state index contributed by atoms with van der Waals surface area (Å²) in [5.41, 5.74) is 0. The molecule has 2 N–H and O–H groups in total. The van der Waals surface area contributed by atoms with E-state index in [0.717, 1.165) is 0 Å². The van der Waals surface area contributed by atoms with Crippen molar-refractivity contribution in [3.63, 3.8) is 0 Å². The van der Waals surface area contributed by atoms with Gasteiger partial charge in [0.25, 0.3) is 0 Å². The van der Waals surface area contributed by atoms with Gasteiger partial charge in [-0.1, -0.05) is 0 Å². The maximum atomic E-state index is 10.8. The minimum absolute atomic E-state index is 0. The SMILES string of the molecule is O=C(O)C1C2CCC(O2)C1C(=O)O.[Na+]. The standard InChI is InChI=1S/C8H10O5.Na/c9-7(10)5-3-1-2-4(13-3)6(5)8(11)12;/h3-6H,1-2H2,(H,9,10)(H,11,12);/q;+1. The van der Waals surface area contributed by atoms with Crippen LogP contribution in [-0.4, -0.2) is 34.4 Å². The molecule has 0 amide bonds. The fraction of sp³-hybridized carbons (Fsp3) is 0.750. The van der Waals surface area contributed by atoms with Crippen LogP contribution >= 0.6 is 0 Å². The second kappa shape index (κ2) is 4.18. The third-order valence-electron chi connectivity index (χ3n) is 2.84. The first kappa shape index (κ1) is 12.0. The van der Waals surface area contributed by atoms with Crippen molar-refractivity contribution in [3.05, 3.63) is 0 Å². The molecule has 2 aliphatic heterocycles. The molecule has 2 heterocycles. The van der Waals surface area contributed by atoms with Gasteiger partial charge in [0.1, 0.15) is 0 Å². The smallest absolute Gasteiger partial charge is 0.481 e. The Hall–Kier alpha value is -0.100. The Morgan fingerprint density at radius 2 is 1.36 bits per heavy atom. The van der Waals surface area contributed by atoms with E-state index < -0.39 is 23.8 Å². The molecule has 2 bridgehead atoms. The average Bonchev–Trinajstić information content (AvgIpc) is 2.60. The molecule has 72 valence electrons. The predicted molar refractivity (Wildman–Crippen MR) is 40.1 cm³/mol. The molecule has 2 aliphatic rings. The van der Waals surface area contributed by atoms with Crippen molar-refractivity contribution in [2.75, 3.05) is 0 Å². The fourth-order valence-electron chi connectivity index (χ4n) is 2.31. The maximum absolute atomic E-state index is 10.8. The molecule has 6 heteroatoms. The quantitative estimate of drug-likeness (QED) is 0.472. The second-order valence-corrected chi connectivity index (χ2v) is 3.52. The van der Waals surface area contributed by atoms with Gasteiger partial charge in [0.2, 0.25) is 0 Å². The molecular weight excluding hydrogens is 199 g/mol. The first-order valence-electron chi connectivity index (χ1n) is 4.22. The molecule has 4 atom stereocenters. The van der Waals surface area contributed by atoms with Crippen LogP contribution in [0.5, 0.6) is 0 Å². The molecular formula is C8H10NaO5+. The minimum Gasteiger partial charge on any atom is -0.481 e. The molecule has 0 aromatic heterocycles. The monoisotopic (exact) mass is 209 g/mol. The van der Waals surface area contributed by atoms with E-state index in [4.69, 9.17) is 14.9 Å². The topological polar surface area (TPSA) is 83.8 Å². The largest absolute Gasteiger partial charge is 1.00 e. The van der Waals surface area contributed by atoms with Gasteiger partial charge in [-0.15, -0.1) is 0 Å². The number of hydrogen-bond acceptors (Lipinski definition) is 3. The summed E-state index contributed by atoms with van der Waals surface area (Å²) >= 11 is 0. The van der Waals surface area contributed by atoms with Crippen LogP contribution in [0.2, 0.25) is 0 Å². The van der Waals surface area contributed by atoms with Gasteiger partial charge in [-0.25, -0.2) is 0 Å². The number of rotatable bonds is 2. The van der Waals surface area contributed by atoms with E-state index >= 15 is 0 Å². The van der Waals surface area contributed by atoms with Crippen LogP contribution in [0.25, 0.3) is 0 Å². The van der Waals surface area contributed by atoms with Gasteiger partial charge >= 0.3 is 41.5 Å². The van der Waals surface area contributed by atoms with Gasteiger partial charge in [-0.3, -0.25) is 9.59 Å². The molecule has 0 aliphatic carbocycles. The van der Waals surface area contributed by atoms with Crippen molar-refractivity contribution in [2.45, 2.75) is 25.0 Å². The second-order valence-electron chi connectivity index (χ2n) is 3.52. The van der Waals surface area contributed by atoms with Crippen molar-refractivity contribution in [1.82, 2.24) is 0 Å². The first-order valence-corrected chi connectivity index (χ1v) is 4.22. The van der Waals surface area contributed by atoms with Gasteiger partial charge in [0.05, 0.1) is 24.0 Å². The number of fused-ring (bicyclic) bond motifs is 2. The number of aliphatic carboxylic acids is 2. The van der Waals surface area contributed by atoms with Crippen molar-refractivity contribution in [1.29, 1.82) is 0 Å². The molecule has 0 saturated carbocycles. The fourth-order valence-corrected chi connectivity index (χ4v) is 2.31. The van der Waals surface area contributed by atoms with Crippen molar-refractivity contribution >= 4 is 11.9 Å². The zero-order chi connectivity index (χ0) is 9.59. The molecule has 0 radical (unpaired) electrons. The number of hydrogen-bond donors (Lipinski definition) is 2. The first-order chi connectivity index (χ1) is 6.11. The maximum Gasteiger partial charge on any atom is 1.00 e. The molecule has 2 fully saturated rings. The number of carbonyl (C=O) groups is 2. The van der Waals surface area contributed by atoms with E-state index in [9.17, 15) is 9.59 Å². The van der Waals surface area contributed by atoms with Crippen LogP contribution in [0.15, 0.2) is 0 Å². The Balaban J connectivity index is 0.000000980. The number of carboxylic acids is 2. The summed E-state index contributed by atoms with van der Waals surface area (Å²) < 4.78 is 5.26. The number of carboxylic acid groups (broad SMARTS) is 2. The minimum atomic E-state index is -1.06. The zero-order valence-corrected chi connectivity index (χ0v) is 9.84. The molecule has 4 unspecified atom stereocenters. The van der Waals surface area contributed by atoms with Crippen molar-refractivity contribution in [2.24, 2.45) is 11.8 Å². The third kappa shape index (κ3) is 1.69. The van der Waals surface area contributed by atoms with E-state index in [0.29, 0.717) is 12.8 Å². The molecule has 2 saturated heterocycles. The Morgan fingerprint density at radius 1 is 1.00 bits per heavy atom. The Morgan fingerprint density at radius 3 is 1.64 bits per heavy atom. The van der Waals surface area contributed by atoms with Crippen LogP contribution in [-0.2, 0) is 14.3 Å². The van der Waals surface area contributed by atoms with Crippen LogP contribution in [0.1, 0.15) is 12.8 Å². The Bertz CT molecular complexity index is 240. The molecule has 0 aromatic carbocycles. The Kier molecular flexibility index (Phi) is 3.58. The van der Waals surface area contributed by atoms with Gasteiger partial charge in [0.15, 0.2) is 0 Å². The summed E-state index contributed by atoms with van der Waals surface area (Å²) in [5.74, 6) is -3.81. The summed E-state index contributed by atoms with van der Waals surface area (Å²) in [5, 5.41) is 17.6. The summed E-state index contributed by atoms with van der Waals surface area (Å²) in [4.78, 5) is 21.5. The van der Waals surface area contributed by atoms with Gasteiger partial charge in [0, 0.05) is 0 Å². The molecule has 5 nitrogen and oxygen atoms in total. The van der Waals surface area contributed by atoms with Gasteiger partial charge < -0.3 is 14.9 Å². The Labute approximate surface area is 103 Å². The molecule has 0 aromatic rings. The predicted octanol–water partition coefficient (Wildman–Crippen LogP) is -3.05. The number of ether oxygens (including phenoxy) is 1. The van der Waals surface area contributed by atoms with Crippen molar-refractivity contribution in [3.8, 4) is 0 Å². The summed E-state index contributed by atoms with van der Waals surface area (Å²) in [6.45, 7) is 0. The van der Waals surface area contributed by atoms with Gasteiger partial charge in [-0.05, 0) is 12.8 Å². The van der Waals surface area contributed by atoms with E-state index in [1.165, 1.54) is 0 Å². The van der Waals surface area contributed by atoms with E-state index in [2.05, 4.69) is 0 Å². The van der Waals surface area contributed by atoms with Crippen molar-refractivity contribution < 1.29 is 54.1 Å². The van der Waals surface area contributed by atoms with Crippen LogP contribution in [0, 0.1) is 11.8 Å². The van der Waals surface area contributed by atoms with E-state index in [1.807, 2.05) is 0 Å². The summed E-state index contributed by atoms with van der Waals surface area (Å²) in [6, 6.07) is 0. The van der Waals surface area contributed by atoms with Crippen LogP contribution in [0.4, 0.5) is 0 Å². The normalized spacial score (nSPS) is 39.1. The van der Waals surface area contributed by atoms with E-state index in [-0.39, 0.29) is 41.8 Å². The van der Waals surface area contributed by atoms with Crippen LogP contribution < -0.4 is 29.6 Å². The van der Waals surface area contributed by atoms with E-state index in [1.54, 1.807) is 0 Å². The van der Waals surface area contributed by atoms with Crippen LogP contribution in [0.3, 0.4) is 0 Å². The van der Waals surface area contributed by atoms with Gasteiger partial charge in [-0.2, -0.15) is 0 Å². The summed E-state index contributed by atoms with van der Waals surface area (Å²) in [6.07, 6.45) is 0.573.